The van der Waals surface area contributed by atoms with Crippen molar-refractivity contribution in [3.63, 3.8) is 0 Å². The van der Waals surface area contributed by atoms with Gasteiger partial charge in [-0.2, -0.15) is 0 Å². The van der Waals surface area contributed by atoms with E-state index in [9.17, 15) is 9.59 Å². The van der Waals surface area contributed by atoms with Crippen molar-refractivity contribution in [2.45, 2.75) is 13.3 Å². The maximum atomic E-state index is 11.9. The number of aromatic amines is 1. The van der Waals surface area contributed by atoms with E-state index in [0.717, 1.165) is 23.3 Å². The number of fused-ring (bicyclic) bond motifs is 1. The number of hydrogen-bond donors (Lipinski definition) is 3. The lowest BCUT2D eigenvalue weighted by Gasteiger charge is -2.06. The second kappa shape index (κ2) is 7.69. The molecular weight excluding hydrogens is 334 g/mol. The molecule has 0 aliphatic carbocycles. The van der Waals surface area contributed by atoms with Crippen LogP contribution in [0.25, 0.3) is 22.2 Å². The van der Waals surface area contributed by atoms with E-state index in [2.05, 4.69) is 22.2 Å². The van der Waals surface area contributed by atoms with Crippen LogP contribution in [-0.4, -0.2) is 40.1 Å². The number of aliphatic carboxylic acids is 1. The normalized spacial score (nSPS) is 10.7. The number of ether oxygens (including phenoxy) is 1. The van der Waals surface area contributed by atoms with Gasteiger partial charge in [0.15, 0.2) is 5.82 Å². The highest BCUT2D eigenvalue weighted by Crippen LogP contribution is 2.25. The average Bonchev–Trinajstić information content (AvgIpc) is 3.08. The lowest BCUT2D eigenvalue weighted by Crippen LogP contribution is -2.29. The van der Waals surface area contributed by atoms with Crippen LogP contribution in [0.4, 0.5) is 0 Å². The molecule has 1 aromatic heterocycles. The Morgan fingerprint density at radius 2 is 1.88 bits per heavy atom. The van der Waals surface area contributed by atoms with Gasteiger partial charge in [0, 0.05) is 0 Å². The Morgan fingerprint density at radius 1 is 1.15 bits per heavy atom. The van der Waals surface area contributed by atoms with E-state index in [4.69, 9.17) is 9.84 Å². The van der Waals surface area contributed by atoms with Crippen LogP contribution in [-0.2, 0) is 4.79 Å². The van der Waals surface area contributed by atoms with Gasteiger partial charge in [-0.1, -0.05) is 25.1 Å². The zero-order chi connectivity index (χ0) is 18.5. The third kappa shape index (κ3) is 4.00. The number of hydrogen-bond acceptors (Lipinski definition) is 4. The minimum Gasteiger partial charge on any atom is -0.494 e. The molecule has 7 heteroatoms. The number of carboxylic acids is 1. The Bertz CT molecular complexity index is 932. The first-order valence-electron chi connectivity index (χ1n) is 8.30. The fourth-order valence-corrected chi connectivity index (χ4v) is 2.50. The molecule has 0 saturated heterocycles. The van der Waals surface area contributed by atoms with Gasteiger partial charge in [0.1, 0.15) is 12.3 Å². The van der Waals surface area contributed by atoms with E-state index in [1.165, 1.54) is 0 Å². The van der Waals surface area contributed by atoms with Crippen molar-refractivity contribution in [3.05, 3.63) is 48.3 Å². The standard InChI is InChI=1S/C19H19N3O4/c1-2-9-26-14-6-3-12(4-7-14)13-5-8-15-16(10-13)22-18(21-15)19(25)20-11-17(23)24/h3-8,10H,2,9,11H2,1H3,(H,20,25)(H,21,22)(H,23,24). The zero-order valence-electron chi connectivity index (χ0n) is 14.3. The van der Waals surface area contributed by atoms with Gasteiger partial charge in [-0.25, -0.2) is 4.98 Å². The average molecular weight is 353 g/mol. The smallest absolute Gasteiger partial charge is 0.322 e. The van der Waals surface area contributed by atoms with Crippen molar-refractivity contribution >= 4 is 22.9 Å². The van der Waals surface area contributed by atoms with E-state index in [-0.39, 0.29) is 5.82 Å². The predicted molar refractivity (Wildman–Crippen MR) is 97.3 cm³/mol. The van der Waals surface area contributed by atoms with Gasteiger partial charge in [-0.3, -0.25) is 9.59 Å². The van der Waals surface area contributed by atoms with Gasteiger partial charge in [0.05, 0.1) is 17.6 Å². The molecule has 26 heavy (non-hydrogen) atoms. The fraction of sp³-hybridized carbons (Fsp3) is 0.211. The van der Waals surface area contributed by atoms with Gasteiger partial charge >= 0.3 is 5.97 Å². The van der Waals surface area contributed by atoms with Crippen molar-refractivity contribution < 1.29 is 19.4 Å². The van der Waals surface area contributed by atoms with Crippen LogP contribution in [0.5, 0.6) is 5.75 Å². The molecule has 1 heterocycles. The van der Waals surface area contributed by atoms with Crippen LogP contribution in [0.3, 0.4) is 0 Å². The molecule has 3 aromatic rings. The van der Waals surface area contributed by atoms with Crippen LogP contribution in [0, 0.1) is 0 Å². The molecule has 134 valence electrons. The predicted octanol–water partition coefficient (Wildman–Crippen LogP) is 2.83. The van der Waals surface area contributed by atoms with Crippen LogP contribution < -0.4 is 10.1 Å². The monoisotopic (exact) mass is 353 g/mol. The summed E-state index contributed by atoms with van der Waals surface area (Å²) in [6, 6.07) is 13.4. The van der Waals surface area contributed by atoms with Crippen LogP contribution in [0.15, 0.2) is 42.5 Å². The summed E-state index contributed by atoms with van der Waals surface area (Å²) >= 11 is 0. The summed E-state index contributed by atoms with van der Waals surface area (Å²) in [6.45, 7) is 2.30. The lowest BCUT2D eigenvalue weighted by atomic mass is 10.1. The van der Waals surface area contributed by atoms with Crippen LogP contribution in [0.2, 0.25) is 0 Å². The molecule has 2 aromatic carbocycles. The lowest BCUT2D eigenvalue weighted by molar-refractivity contribution is -0.135. The number of nitrogens with zero attached hydrogens (tertiary/aromatic N) is 1. The molecule has 0 fully saturated rings. The summed E-state index contributed by atoms with van der Waals surface area (Å²) in [5.74, 6) is -0.747. The molecule has 0 unspecified atom stereocenters. The molecule has 0 aliphatic rings. The first kappa shape index (κ1) is 17.5. The maximum Gasteiger partial charge on any atom is 0.322 e. The first-order chi connectivity index (χ1) is 12.6. The number of benzene rings is 2. The summed E-state index contributed by atoms with van der Waals surface area (Å²) < 4.78 is 5.58. The van der Waals surface area contributed by atoms with E-state index >= 15 is 0 Å². The third-order valence-corrected chi connectivity index (χ3v) is 3.76. The number of carbonyl (C=O) groups excluding carboxylic acids is 1. The molecule has 0 radical (unpaired) electrons. The quantitative estimate of drug-likeness (QED) is 0.606. The van der Waals surface area contributed by atoms with E-state index in [0.29, 0.717) is 17.6 Å². The fourth-order valence-electron chi connectivity index (χ4n) is 2.50. The number of amides is 1. The highest BCUT2D eigenvalue weighted by Gasteiger charge is 2.13. The topological polar surface area (TPSA) is 104 Å². The number of carbonyl (C=O) groups is 2. The molecule has 3 N–H and O–H groups in total. The molecule has 0 aliphatic heterocycles. The molecule has 3 rings (SSSR count). The van der Waals surface area contributed by atoms with Gasteiger partial charge < -0.3 is 20.1 Å². The number of rotatable bonds is 7. The molecular formula is C19H19N3O4. The van der Waals surface area contributed by atoms with E-state index < -0.39 is 18.4 Å². The first-order valence-corrected chi connectivity index (χ1v) is 8.30. The van der Waals surface area contributed by atoms with Crippen molar-refractivity contribution in [1.29, 1.82) is 0 Å². The number of aromatic nitrogens is 2. The molecule has 0 saturated carbocycles. The van der Waals surface area contributed by atoms with E-state index in [1.54, 1.807) is 0 Å². The van der Waals surface area contributed by atoms with Crippen LogP contribution in [0.1, 0.15) is 24.0 Å². The molecule has 7 nitrogen and oxygen atoms in total. The Kier molecular flexibility index (Phi) is 5.17. The van der Waals surface area contributed by atoms with Crippen LogP contribution >= 0.6 is 0 Å². The summed E-state index contributed by atoms with van der Waals surface area (Å²) in [5.41, 5.74) is 3.33. The van der Waals surface area contributed by atoms with Gasteiger partial charge in [0.2, 0.25) is 0 Å². The summed E-state index contributed by atoms with van der Waals surface area (Å²) in [4.78, 5) is 29.6. The van der Waals surface area contributed by atoms with Crippen molar-refractivity contribution in [2.24, 2.45) is 0 Å². The van der Waals surface area contributed by atoms with Gasteiger partial charge in [0.25, 0.3) is 5.91 Å². The number of H-pyrrole nitrogens is 1. The van der Waals surface area contributed by atoms with Gasteiger partial charge in [-0.15, -0.1) is 0 Å². The zero-order valence-corrected chi connectivity index (χ0v) is 14.3. The van der Waals surface area contributed by atoms with E-state index in [1.807, 2.05) is 42.5 Å². The molecule has 0 spiro atoms. The highest BCUT2D eigenvalue weighted by atomic mass is 16.5. The Morgan fingerprint density at radius 3 is 2.58 bits per heavy atom. The number of nitrogens with one attached hydrogen (secondary N) is 2. The summed E-state index contributed by atoms with van der Waals surface area (Å²) in [7, 11) is 0. The number of carboxylic acid groups (broad SMARTS) is 1. The third-order valence-electron chi connectivity index (χ3n) is 3.76. The second-order valence-corrected chi connectivity index (χ2v) is 5.77. The second-order valence-electron chi connectivity index (χ2n) is 5.77. The Hall–Kier alpha value is -3.35. The van der Waals surface area contributed by atoms with Gasteiger partial charge in [-0.05, 0) is 41.8 Å². The number of imidazole rings is 1. The van der Waals surface area contributed by atoms with Crippen molar-refractivity contribution in [3.8, 4) is 16.9 Å². The molecule has 0 atom stereocenters. The molecule has 1 amide bonds. The van der Waals surface area contributed by atoms with Crippen molar-refractivity contribution in [2.75, 3.05) is 13.2 Å². The van der Waals surface area contributed by atoms with Crippen molar-refractivity contribution in [1.82, 2.24) is 15.3 Å². The Balaban J connectivity index is 1.80. The molecule has 0 bridgehead atoms. The Labute approximate surface area is 150 Å². The minimum atomic E-state index is -1.11. The minimum absolute atomic E-state index is 0.0849. The highest BCUT2D eigenvalue weighted by molar-refractivity contribution is 5.96. The SMILES string of the molecule is CCCOc1ccc(-c2ccc3nc(C(=O)NCC(=O)O)[nH]c3c2)cc1. The largest absolute Gasteiger partial charge is 0.494 e. The summed E-state index contributed by atoms with van der Waals surface area (Å²) in [5, 5.41) is 10.9. The maximum absolute atomic E-state index is 11.9. The summed E-state index contributed by atoms with van der Waals surface area (Å²) in [6.07, 6.45) is 0.959.